The smallest absolute Gasteiger partial charge is 0.251 e. The van der Waals surface area contributed by atoms with Crippen molar-refractivity contribution in [1.82, 2.24) is 15.1 Å². The van der Waals surface area contributed by atoms with Crippen molar-refractivity contribution < 1.29 is 9.53 Å². The molecule has 1 fully saturated rings. The number of nitrogens with one attached hydrogen (secondary N) is 1. The standard InChI is InChI=1S/C24H32BrN3O2.ClH/c1-18-15-20(7-10-23(18)25)24(29)26-21-11-13-28(17-21)16-19-5-8-22(9-6-19)30-14-4-12-27(2)3;/h5-10,15,21H,4,11-14,16-17H2,1-3H3,(H,26,29);1H/t21-;/m0./s1. The van der Waals surface area contributed by atoms with Gasteiger partial charge in [0.1, 0.15) is 5.75 Å². The molecule has 1 aliphatic heterocycles. The van der Waals surface area contributed by atoms with Crippen LogP contribution in [0.4, 0.5) is 0 Å². The molecule has 0 spiro atoms. The van der Waals surface area contributed by atoms with Crippen molar-refractivity contribution in [3.05, 3.63) is 63.6 Å². The van der Waals surface area contributed by atoms with Crippen molar-refractivity contribution in [3.8, 4) is 5.75 Å². The Hall–Kier alpha value is -1.60. The highest BCUT2D eigenvalue weighted by Gasteiger charge is 2.24. The summed E-state index contributed by atoms with van der Waals surface area (Å²) < 4.78 is 6.83. The summed E-state index contributed by atoms with van der Waals surface area (Å²) >= 11 is 3.48. The SMILES string of the molecule is Cc1cc(C(=O)N[C@H]2CCN(Cc3ccc(OCCCN(C)C)cc3)C2)ccc1Br.Cl. The molecule has 7 heteroatoms. The summed E-state index contributed by atoms with van der Waals surface area (Å²) in [6, 6.07) is 14.3. The Morgan fingerprint density at radius 1 is 1.23 bits per heavy atom. The predicted octanol–water partition coefficient (Wildman–Crippen LogP) is 4.51. The first-order valence-corrected chi connectivity index (χ1v) is 11.4. The van der Waals surface area contributed by atoms with Crippen LogP contribution in [0.3, 0.4) is 0 Å². The average Bonchev–Trinajstić information content (AvgIpc) is 3.15. The zero-order valence-electron chi connectivity index (χ0n) is 18.6. The number of hydrogen-bond donors (Lipinski definition) is 1. The van der Waals surface area contributed by atoms with E-state index in [1.165, 1.54) is 5.56 Å². The van der Waals surface area contributed by atoms with Gasteiger partial charge in [-0.05, 0) is 75.3 Å². The molecule has 1 saturated heterocycles. The number of nitrogens with zero attached hydrogens (tertiary/aromatic N) is 2. The molecular formula is C24H33BrClN3O2. The summed E-state index contributed by atoms with van der Waals surface area (Å²) in [6.07, 6.45) is 2.00. The van der Waals surface area contributed by atoms with E-state index in [0.29, 0.717) is 0 Å². The summed E-state index contributed by atoms with van der Waals surface area (Å²) in [5, 5.41) is 3.18. The summed E-state index contributed by atoms with van der Waals surface area (Å²) in [6.45, 7) is 6.54. The van der Waals surface area contributed by atoms with Gasteiger partial charge in [0.25, 0.3) is 5.91 Å². The first-order chi connectivity index (χ1) is 14.4. The maximum atomic E-state index is 12.6. The summed E-state index contributed by atoms with van der Waals surface area (Å²) in [4.78, 5) is 17.1. The van der Waals surface area contributed by atoms with Crippen LogP contribution in [0, 0.1) is 6.92 Å². The number of likely N-dealkylation sites (tertiary alicyclic amines) is 1. The molecule has 0 aromatic heterocycles. The van der Waals surface area contributed by atoms with Crippen molar-refractivity contribution in [1.29, 1.82) is 0 Å². The van der Waals surface area contributed by atoms with Gasteiger partial charge in [-0.15, -0.1) is 12.4 Å². The molecule has 0 aliphatic carbocycles. The minimum Gasteiger partial charge on any atom is -0.494 e. The molecule has 0 unspecified atom stereocenters. The second-order valence-electron chi connectivity index (χ2n) is 8.31. The Morgan fingerprint density at radius 2 is 1.97 bits per heavy atom. The number of carbonyl (C=O) groups is 1. The van der Waals surface area contributed by atoms with Gasteiger partial charge < -0.3 is 15.0 Å². The minimum absolute atomic E-state index is 0. The largest absolute Gasteiger partial charge is 0.494 e. The molecule has 170 valence electrons. The number of hydrogen-bond acceptors (Lipinski definition) is 4. The molecule has 1 heterocycles. The van der Waals surface area contributed by atoms with Crippen LogP contribution in [0.2, 0.25) is 0 Å². The molecule has 0 saturated carbocycles. The van der Waals surface area contributed by atoms with Crippen LogP contribution in [-0.4, -0.2) is 62.1 Å². The van der Waals surface area contributed by atoms with Crippen LogP contribution in [0.5, 0.6) is 5.75 Å². The van der Waals surface area contributed by atoms with E-state index in [1.807, 2.05) is 25.1 Å². The predicted molar refractivity (Wildman–Crippen MR) is 132 cm³/mol. The van der Waals surface area contributed by atoms with Crippen LogP contribution in [0.15, 0.2) is 46.9 Å². The van der Waals surface area contributed by atoms with E-state index in [4.69, 9.17) is 4.74 Å². The van der Waals surface area contributed by atoms with Gasteiger partial charge in [-0.2, -0.15) is 0 Å². The van der Waals surface area contributed by atoms with Crippen molar-refractivity contribution in [2.24, 2.45) is 0 Å². The fourth-order valence-corrected chi connectivity index (χ4v) is 3.92. The van der Waals surface area contributed by atoms with Crippen molar-refractivity contribution >= 4 is 34.2 Å². The van der Waals surface area contributed by atoms with Gasteiger partial charge in [0.2, 0.25) is 0 Å². The molecule has 0 radical (unpaired) electrons. The number of rotatable bonds is 9. The lowest BCUT2D eigenvalue weighted by Crippen LogP contribution is -2.37. The van der Waals surface area contributed by atoms with E-state index < -0.39 is 0 Å². The molecule has 1 atom stereocenters. The maximum Gasteiger partial charge on any atom is 0.251 e. The molecule has 2 aromatic carbocycles. The van der Waals surface area contributed by atoms with Gasteiger partial charge in [0.05, 0.1) is 6.61 Å². The highest BCUT2D eigenvalue weighted by atomic mass is 79.9. The minimum atomic E-state index is 0. The molecule has 3 rings (SSSR count). The lowest BCUT2D eigenvalue weighted by molar-refractivity contribution is 0.0937. The summed E-state index contributed by atoms with van der Waals surface area (Å²) in [7, 11) is 4.15. The molecular weight excluding hydrogens is 478 g/mol. The first-order valence-electron chi connectivity index (χ1n) is 10.6. The third-order valence-electron chi connectivity index (χ3n) is 5.38. The molecule has 5 nitrogen and oxygen atoms in total. The van der Waals surface area contributed by atoms with Crippen molar-refractivity contribution in [2.75, 3.05) is 40.3 Å². The lowest BCUT2D eigenvalue weighted by atomic mass is 10.1. The molecule has 1 amide bonds. The van der Waals surface area contributed by atoms with Gasteiger partial charge in [-0.3, -0.25) is 9.69 Å². The number of benzene rings is 2. The number of halogens is 2. The van der Waals surface area contributed by atoms with Crippen molar-refractivity contribution in [2.45, 2.75) is 32.4 Å². The third kappa shape index (κ3) is 8.11. The monoisotopic (exact) mass is 509 g/mol. The normalized spacial score (nSPS) is 16.2. The van der Waals surface area contributed by atoms with E-state index in [2.05, 4.69) is 69.4 Å². The highest BCUT2D eigenvalue weighted by molar-refractivity contribution is 9.10. The Balaban J connectivity index is 0.00000341. The van der Waals surface area contributed by atoms with E-state index in [1.54, 1.807) is 0 Å². The van der Waals surface area contributed by atoms with Gasteiger partial charge in [0.15, 0.2) is 0 Å². The first kappa shape index (κ1) is 25.7. The number of aryl methyl sites for hydroxylation is 1. The summed E-state index contributed by atoms with van der Waals surface area (Å²) in [5.74, 6) is 0.932. The van der Waals surface area contributed by atoms with Gasteiger partial charge in [0, 0.05) is 42.3 Å². The van der Waals surface area contributed by atoms with Crippen LogP contribution in [0.25, 0.3) is 0 Å². The molecule has 0 bridgehead atoms. The Morgan fingerprint density at radius 3 is 2.65 bits per heavy atom. The Bertz CT molecular complexity index is 845. The highest BCUT2D eigenvalue weighted by Crippen LogP contribution is 2.19. The zero-order valence-corrected chi connectivity index (χ0v) is 21.0. The van der Waals surface area contributed by atoms with Gasteiger partial charge in [-0.1, -0.05) is 28.1 Å². The van der Waals surface area contributed by atoms with Gasteiger partial charge >= 0.3 is 0 Å². The van der Waals surface area contributed by atoms with E-state index in [0.717, 1.165) is 67.0 Å². The molecule has 1 aliphatic rings. The maximum absolute atomic E-state index is 12.6. The van der Waals surface area contributed by atoms with Crippen LogP contribution in [0.1, 0.15) is 34.3 Å². The summed E-state index contributed by atoms with van der Waals surface area (Å²) in [5.41, 5.74) is 3.06. The second kappa shape index (κ2) is 12.4. The van der Waals surface area contributed by atoms with E-state index in [-0.39, 0.29) is 24.4 Å². The zero-order chi connectivity index (χ0) is 21.5. The third-order valence-corrected chi connectivity index (χ3v) is 6.27. The van der Waals surface area contributed by atoms with Crippen molar-refractivity contribution in [3.63, 3.8) is 0 Å². The average molecular weight is 511 g/mol. The number of carbonyl (C=O) groups excluding carboxylic acids is 1. The number of ether oxygens (including phenoxy) is 1. The molecule has 1 N–H and O–H groups in total. The molecule has 31 heavy (non-hydrogen) atoms. The van der Waals surface area contributed by atoms with Crippen LogP contribution in [-0.2, 0) is 6.54 Å². The fourth-order valence-electron chi connectivity index (χ4n) is 3.67. The number of amides is 1. The lowest BCUT2D eigenvalue weighted by Gasteiger charge is -2.17. The molecule has 2 aromatic rings. The quantitative estimate of drug-likeness (QED) is 0.504. The van der Waals surface area contributed by atoms with Crippen LogP contribution < -0.4 is 10.1 Å². The second-order valence-corrected chi connectivity index (χ2v) is 9.16. The Labute approximate surface area is 200 Å². The van der Waals surface area contributed by atoms with E-state index >= 15 is 0 Å². The Kier molecular flexibility index (Phi) is 10.3. The van der Waals surface area contributed by atoms with E-state index in [9.17, 15) is 4.79 Å². The van der Waals surface area contributed by atoms with Gasteiger partial charge in [-0.25, -0.2) is 0 Å². The fraction of sp³-hybridized carbons (Fsp3) is 0.458. The topological polar surface area (TPSA) is 44.8 Å². The van der Waals surface area contributed by atoms with Crippen LogP contribution >= 0.6 is 28.3 Å².